The third-order valence-corrected chi connectivity index (χ3v) is 2.75. The average molecular weight is 225 g/mol. The van der Waals surface area contributed by atoms with E-state index in [2.05, 4.69) is 12.2 Å². The van der Waals surface area contributed by atoms with Crippen LogP contribution >= 0.6 is 0 Å². The minimum Gasteiger partial charge on any atom is -0.494 e. The van der Waals surface area contributed by atoms with Crippen LogP contribution < -0.4 is 10.1 Å². The molecule has 0 radical (unpaired) electrons. The van der Waals surface area contributed by atoms with Gasteiger partial charge in [-0.25, -0.2) is 4.39 Å². The topological polar surface area (TPSA) is 30.5 Å². The van der Waals surface area contributed by atoms with E-state index < -0.39 is 0 Å². The first kappa shape index (κ1) is 11.4. The molecule has 2 atom stereocenters. The van der Waals surface area contributed by atoms with Gasteiger partial charge in [-0.05, 0) is 24.6 Å². The van der Waals surface area contributed by atoms with Gasteiger partial charge < -0.3 is 14.8 Å². The molecular weight excluding hydrogens is 209 g/mol. The first-order valence-corrected chi connectivity index (χ1v) is 5.39. The molecule has 2 rings (SSSR count). The van der Waals surface area contributed by atoms with Gasteiger partial charge in [0.15, 0.2) is 11.6 Å². The average Bonchev–Trinajstić information content (AvgIpc) is 2.31. The Hall–Kier alpha value is -1.13. The maximum atomic E-state index is 13.2. The van der Waals surface area contributed by atoms with E-state index in [1.54, 1.807) is 12.1 Å². The number of nitrogens with one attached hydrogen (secondary N) is 1. The summed E-state index contributed by atoms with van der Waals surface area (Å²) in [6.07, 6.45) is -0.0225. The standard InChI is InChI=1S/C12H16FNO2/c1-8-7-16-12(6-14-8)9-3-4-10(13)11(5-9)15-2/h3-5,8,12,14H,6-7H2,1-2H3. The van der Waals surface area contributed by atoms with Crippen LogP contribution in [-0.4, -0.2) is 26.3 Å². The number of methoxy groups -OCH3 is 1. The highest BCUT2D eigenvalue weighted by atomic mass is 19.1. The van der Waals surface area contributed by atoms with Crippen molar-refractivity contribution < 1.29 is 13.9 Å². The molecule has 16 heavy (non-hydrogen) atoms. The van der Waals surface area contributed by atoms with Gasteiger partial charge in [0.25, 0.3) is 0 Å². The molecule has 1 saturated heterocycles. The van der Waals surface area contributed by atoms with Gasteiger partial charge in [0, 0.05) is 12.6 Å². The Kier molecular flexibility index (Phi) is 3.41. The molecular formula is C12H16FNO2. The van der Waals surface area contributed by atoms with Crippen LogP contribution in [0, 0.1) is 5.82 Å². The van der Waals surface area contributed by atoms with Crippen LogP contribution in [0.4, 0.5) is 4.39 Å². The maximum absolute atomic E-state index is 13.2. The van der Waals surface area contributed by atoms with Crippen LogP contribution in [0.1, 0.15) is 18.6 Å². The smallest absolute Gasteiger partial charge is 0.165 e. The first-order valence-electron chi connectivity index (χ1n) is 5.39. The Morgan fingerprint density at radius 3 is 2.94 bits per heavy atom. The van der Waals surface area contributed by atoms with Gasteiger partial charge in [-0.2, -0.15) is 0 Å². The van der Waals surface area contributed by atoms with Crippen molar-refractivity contribution in [3.8, 4) is 5.75 Å². The number of halogens is 1. The predicted molar refractivity (Wildman–Crippen MR) is 59.1 cm³/mol. The molecule has 0 saturated carbocycles. The lowest BCUT2D eigenvalue weighted by Crippen LogP contribution is -2.40. The van der Waals surface area contributed by atoms with Crippen molar-refractivity contribution in [2.24, 2.45) is 0 Å². The van der Waals surface area contributed by atoms with Crippen molar-refractivity contribution in [2.75, 3.05) is 20.3 Å². The zero-order valence-electron chi connectivity index (χ0n) is 9.50. The van der Waals surface area contributed by atoms with Crippen molar-refractivity contribution in [1.29, 1.82) is 0 Å². The highest BCUT2D eigenvalue weighted by Gasteiger charge is 2.20. The fourth-order valence-electron chi connectivity index (χ4n) is 1.78. The molecule has 0 amide bonds. The summed E-state index contributed by atoms with van der Waals surface area (Å²) in [6, 6.07) is 5.21. The van der Waals surface area contributed by atoms with Crippen LogP contribution in [0.2, 0.25) is 0 Å². The molecule has 0 bridgehead atoms. The van der Waals surface area contributed by atoms with Gasteiger partial charge in [-0.15, -0.1) is 0 Å². The van der Waals surface area contributed by atoms with Gasteiger partial charge in [0.05, 0.1) is 19.8 Å². The summed E-state index contributed by atoms with van der Waals surface area (Å²) in [5, 5.41) is 3.32. The summed E-state index contributed by atoms with van der Waals surface area (Å²) in [5.41, 5.74) is 0.942. The molecule has 0 aliphatic carbocycles. The maximum Gasteiger partial charge on any atom is 0.165 e. The summed E-state index contributed by atoms with van der Waals surface area (Å²) >= 11 is 0. The second-order valence-electron chi connectivity index (χ2n) is 4.03. The molecule has 1 aromatic carbocycles. The minimum absolute atomic E-state index is 0.0225. The molecule has 1 aromatic rings. The number of hydrogen-bond donors (Lipinski definition) is 1. The fraction of sp³-hybridized carbons (Fsp3) is 0.500. The Morgan fingerprint density at radius 2 is 2.31 bits per heavy atom. The van der Waals surface area contributed by atoms with E-state index in [0.717, 1.165) is 12.1 Å². The second kappa shape index (κ2) is 4.80. The van der Waals surface area contributed by atoms with Crippen molar-refractivity contribution in [3.05, 3.63) is 29.6 Å². The number of benzene rings is 1. The van der Waals surface area contributed by atoms with Gasteiger partial charge in [-0.1, -0.05) is 6.07 Å². The SMILES string of the molecule is COc1cc(C2CNC(C)CO2)ccc1F. The Labute approximate surface area is 94.6 Å². The summed E-state index contributed by atoms with van der Waals surface area (Å²) < 4.78 is 23.8. The zero-order chi connectivity index (χ0) is 11.5. The summed E-state index contributed by atoms with van der Waals surface area (Å²) in [4.78, 5) is 0. The molecule has 1 aliphatic heterocycles. The molecule has 1 heterocycles. The minimum atomic E-state index is -0.344. The van der Waals surface area contributed by atoms with Gasteiger partial charge in [0.1, 0.15) is 0 Å². The Bertz CT molecular complexity index is 362. The quantitative estimate of drug-likeness (QED) is 0.833. The Balaban J connectivity index is 2.14. The van der Waals surface area contributed by atoms with E-state index in [1.807, 2.05) is 0 Å². The normalized spacial score (nSPS) is 25.4. The highest BCUT2D eigenvalue weighted by Crippen LogP contribution is 2.25. The second-order valence-corrected chi connectivity index (χ2v) is 4.03. The monoisotopic (exact) mass is 225 g/mol. The fourth-order valence-corrected chi connectivity index (χ4v) is 1.78. The first-order chi connectivity index (χ1) is 7.70. The molecule has 0 aromatic heterocycles. The molecule has 4 heteroatoms. The molecule has 2 unspecified atom stereocenters. The van der Waals surface area contributed by atoms with Crippen LogP contribution in [0.3, 0.4) is 0 Å². The van der Waals surface area contributed by atoms with E-state index >= 15 is 0 Å². The van der Waals surface area contributed by atoms with E-state index in [4.69, 9.17) is 9.47 Å². The number of ether oxygens (including phenoxy) is 2. The molecule has 1 fully saturated rings. The lowest BCUT2D eigenvalue weighted by Gasteiger charge is -2.28. The number of rotatable bonds is 2. The van der Waals surface area contributed by atoms with E-state index in [-0.39, 0.29) is 17.7 Å². The summed E-state index contributed by atoms with van der Waals surface area (Å²) in [5.74, 6) is -0.0805. The van der Waals surface area contributed by atoms with Gasteiger partial charge in [0.2, 0.25) is 0 Å². The largest absolute Gasteiger partial charge is 0.494 e. The molecule has 88 valence electrons. The lowest BCUT2D eigenvalue weighted by atomic mass is 10.1. The third kappa shape index (κ3) is 2.33. The summed E-state index contributed by atoms with van der Waals surface area (Å²) in [6.45, 7) is 3.49. The van der Waals surface area contributed by atoms with E-state index in [9.17, 15) is 4.39 Å². The van der Waals surface area contributed by atoms with Gasteiger partial charge in [-0.3, -0.25) is 0 Å². The van der Waals surface area contributed by atoms with Crippen LogP contribution in [0.15, 0.2) is 18.2 Å². The molecule has 3 nitrogen and oxygen atoms in total. The molecule has 1 aliphatic rings. The van der Waals surface area contributed by atoms with Crippen molar-refractivity contribution in [3.63, 3.8) is 0 Å². The van der Waals surface area contributed by atoms with E-state index in [0.29, 0.717) is 12.6 Å². The molecule has 0 spiro atoms. The van der Waals surface area contributed by atoms with Crippen molar-refractivity contribution in [1.82, 2.24) is 5.32 Å². The number of hydrogen-bond acceptors (Lipinski definition) is 3. The zero-order valence-corrected chi connectivity index (χ0v) is 9.50. The third-order valence-electron chi connectivity index (χ3n) is 2.75. The predicted octanol–water partition coefficient (Wildman–Crippen LogP) is 1.88. The van der Waals surface area contributed by atoms with Crippen molar-refractivity contribution >= 4 is 0 Å². The summed E-state index contributed by atoms with van der Waals surface area (Å²) in [7, 11) is 1.46. The lowest BCUT2D eigenvalue weighted by molar-refractivity contribution is 0.00681. The van der Waals surface area contributed by atoms with E-state index in [1.165, 1.54) is 13.2 Å². The highest BCUT2D eigenvalue weighted by molar-refractivity contribution is 5.32. The van der Waals surface area contributed by atoms with Crippen LogP contribution in [-0.2, 0) is 4.74 Å². The van der Waals surface area contributed by atoms with Crippen molar-refractivity contribution in [2.45, 2.75) is 19.1 Å². The molecule has 1 N–H and O–H groups in total. The Morgan fingerprint density at radius 1 is 1.50 bits per heavy atom. The van der Waals surface area contributed by atoms with Gasteiger partial charge >= 0.3 is 0 Å². The number of morpholine rings is 1. The van der Waals surface area contributed by atoms with Crippen LogP contribution in [0.25, 0.3) is 0 Å². The van der Waals surface area contributed by atoms with Crippen LogP contribution in [0.5, 0.6) is 5.75 Å².